The average Bonchev–Trinajstić information content (AvgIpc) is 2.90. The molecule has 218 valence electrons. The van der Waals surface area contributed by atoms with E-state index in [1.165, 1.54) is 50.6 Å². The molecule has 0 N–H and O–H groups in total. The zero-order valence-corrected chi connectivity index (χ0v) is 29.5. The van der Waals surface area contributed by atoms with Crippen LogP contribution in [0.5, 0.6) is 0 Å². The van der Waals surface area contributed by atoms with Crippen molar-refractivity contribution in [3.05, 3.63) is 0 Å². The molecule has 0 bridgehead atoms. The van der Waals surface area contributed by atoms with E-state index in [9.17, 15) is 0 Å². The molecule has 0 aliphatic carbocycles. The van der Waals surface area contributed by atoms with Crippen molar-refractivity contribution in [1.29, 1.82) is 0 Å². The first kappa shape index (κ1) is 37.0. The van der Waals surface area contributed by atoms with Crippen LogP contribution in [0, 0.1) is 0 Å². The second-order valence-electron chi connectivity index (χ2n) is 9.98. The average molecular weight is 583 g/mol. The van der Waals surface area contributed by atoms with Crippen molar-refractivity contribution < 1.29 is 18.9 Å². The van der Waals surface area contributed by atoms with Crippen LogP contribution in [0.3, 0.4) is 0 Å². The van der Waals surface area contributed by atoms with Gasteiger partial charge in [-0.3, -0.25) is 0 Å². The van der Waals surface area contributed by atoms with Crippen molar-refractivity contribution in [2.24, 2.45) is 0 Å². The molecule has 0 radical (unpaired) electrons. The summed E-state index contributed by atoms with van der Waals surface area (Å²) >= 11 is 0. The van der Waals surface area contributed by atoms with E-state index in [1.54, 1.807) is 0 Å². The fourth-order valence-corrected chi connectivity index (χ4v) is 11.3. The summed E-state index contributed by atoms with van der Waals surface area (Å²) in [6.45, 7) is 16.6. The standard InChI is InChI=1S/C28H62O4S2Si2/c1-7-13-15-25-35-27(29-19-9-3,30-20-10-4)17-23-33-34-24-18-28(31-21-11-5,32-22-12-6)36-26-16-14-8-2/h7-26,35-36H2,1-6H3. The Hall–Kier alpha value is 0.974. The predicted molar refractivity (Wildman–Crippen MR) is 170 cm³/mol. The van der Waals surface area contributed by atoms with Gasteiger partial charge in [-0.05, 0) is 25.7 Å². The molecule has 0 aromatic rings. The van der Waals surface area contributed by atoms with Crippen molar-refractivity contribution in [2.75, 3.05) is 37.9 Å². The summed E-state index contributed by atoms with van der Waals surface area (Å²) in [6, 6.07) is 2.65. The lowest BCUT2D eigenvalue weighted by atomic mass is 10.3. The zero-order chi connectivity index (χ0) is 26.8. The Morgan fingerprint density at radius 2 is 0.806 bits per heavy atom. The molecule has 0 rings (SSSR count). The van der Waals surface area contributed by atoms with Gasteiger partial charge in [0.2, 0.25) is 0 Å². The smallest absolute Gasteiger partial charge is 0.145 e. The SMILES string of the molecule is CCCCC[SiH2]C(CCSSCCC(OCCC)(OCCC)[SiH2]CCCCC)(OCCC)OCCC. The van der Waals surface area contributed by atoms with E-state index < -0.39 is 19.0 Å². The summed E-state index contributed by atoms with van der Waals surface area (Å²) in [5, 5.41) is 0. The molecular formula is C28H62O4S2Si2. The van der Waals surface area contributed by atoms with Crippen LogP contribution in [0.25, 0.3) is 0 Å². The molecule has 0 aliphatic heterocycles. The first-order valence-corrected chi connectivity index (χ1v) is 21.3. The van der Waals surface area contributed by atoms with Crippen molar-refractivity contribution in [3.8, 4) is 0 Å². The first-order chi connectivity index (χ1) is 17.6. The minimum absolute atomic E-state index is 0.266. The van der Waals surface area contributed by atoms with E-state index >= 15 is 0 Å². The summed E-state index contributed by atoms with van der Waals surface area (Å²) in [4.78, 5) is 0. The molecule has 0 aromatic heterocycles. The van der Waals surface area contributed by atoms with Gasteiger partial charge < -0.3 is 18.9 Å². The van der Waals surface area contributed by atoms with Gasteiger partial charge in [0.25, 0.3) is 0 Å². The summed E-state index contributed by atoms with van der Waals surface area (Å²) in [7, 11) is 3.11. The summed E-state index contributed by atoms with van der Waals surface area (Å²) in [6.07, 6.45) is 14.2. The molecule has 0 aromatic carbocycles. The van der Waals surface area contributed by atoms with Gasteiger partial charge in [-0.1, -0.05) is 114 Å². The van der Waals surface area contributed by atoms with Gasteiger partial charge in [-0.2, -0.15) is 0 Å². The molecular weight excluding hydrogens is 521 g/mol. The van der Waals surface area contributed by atoms with Crippen LogP contribution in [0.1, 0.15) is 119 Å². The molecule has 0 heterocycles. The number of unbranched alkanes of at least 4 members (excludes halogenated alkanes) is 4. The molecule has 0 saturated carbocycles. The van der Waals surface area contributed by atoms with Crippen LogP contribution < -0.4 is 0 Å². The lowest BCUT2D eigenvalue weighted by Gasteiger charge is -2.35. The van der Waals surface area contributed by atoms with Gasteiger partial charge in [0.15, 0.2) is 0 Å². The van der Waals surface area contributed by atoms with E-state index in [0.29, 0.717) is 0 Å². The van der Waals surface area contributed by atoms with Crippen LogP contribution in [0.15, 0.2) is 0 Å². The molecule has 8 heteroatoms. The summed E-state index contributed by atoms with van der Waals surface area (Å²) in [5.41, 5.74) is -0.532. The van der Waals surface area contributed by atoms with Crippen LogP contribution >= 0.6 is 21.6 Å². The molecule has 0 atom stereocenters. The van der Waals surface area contributed by atoms with E-state index in [2.05, 4.69) is 41.5 Å². The molecule has 0 saturated heterocycles. The monoisotopic (exact) mass is 582 g/mol. The first-order valence-electron chi connectivity index (χ1n) is 15.4. The Morgan fingerprint density at radius 1 is 0.472 bits per heavy atom. The Bertz CT molecular complexity index is 405. The predicted octanol–water partition coefficient (Wildman–Crippen LogP) is 7.72. The third-order valence-electron chi connectivity index (χ3n) is 6.32. The summed E-state index contributed by atoms with van der Waals surface area (Å²) in [5.74, 6) is 2.18. The maximum Gasteiger partial charge on any atom is 0.145 e. The molecule has 4 nitrogen and oxygen atoms in total. The maximum atomic E-state index is 6.46. The second-order valence-corrected chi connectivity index (χ2v) is 17.3. The van der Waals surface area contributed by atoms with Gasteiger partial charge in [-0.25, -0.2) is 0 Å². The van der Waals surface area contributed by atoms with Gasteiger partial charge in [0, 0.05) is 50.8 Å². The highest BCUT2D eigenvalue weighted by Gasteiger charge is 2.32. The van der Waals surface area contributed by atoms with Gasteiger partial charge in [0.05, 0.1) is 19.0 Å². The number of hydrogen-bond acceptors (Lipinski definition) is 6. The number of rotatable bonds is 29. The largest absolute Gasteiger partial charge is 0.354 e. The third-order valence-corrected chi connectivity index (χ3v) is 13.5. The lowest BCUT2D eigenvalue weighted by molar-refractivity contribution is -0.182. The highest BCUT2D eigenvalue weighted by atomic mass is 33.1. The fourth-order valence-electron chi connectivity index (χ4n) is 4.22. The Kier molecular flexibility index (Phi) is 26.9. The normalized spacial score (nSPS) is 13.2. The van der Waals surface area contributed by atoms with Crippen molar-refractivity contribution in [1.82, 2.24) is 0 Å². The lowest BCUT2D eigenvalue weighted by Crippen LogP contribution is -2.44. The highest BCUT2D eigenvalue weighted by molar-refractivity contribution is 8.76. The topological polar surface area (TPSA) is 36.9 Å². The van der Waals surface area contributed by atoms with Gasteiger partial charge in [-0.15, -0.1) is 0 Å². The van der Waals surface area contributed by atoms with Crippen molar-refractivity contribution in [3.63, 3.8) is 0 Å². The second kappa shape index (κ2) is 26.2. The third kappa shape index (κ3) is 19.1. The minimum atomic E-state index is -0.440. The fraction of sp³-hybridized carbons (Fsp3) is 1.00. The molecule has 0 fully saturated rings. The van der Waals surface area contributed by atoms with Crippen molar-refractivity contribution >= 4 is 40.6 Å². The zero-order valence-electron chi connectivity index (χ0n) is 25.0. The maximum absolute atomic E-state index is 6.46. The Morgan fingerprint density at radius 3 is 1.08 bits per heavy atom. The van der Waals surface area contributed by atoms with E-state index in [4.69, 9.17) is 18.9 Å². The Labute approximate surface area is 238 Å². The highest BCUT2D eigenvalue weighted by Crippen LogP contribution is 2.31. The van der Waals surface area contributed by atoms with E-state index in [-0.39, 0.29) is 10.8 Å². The quantitative estimate of drug-likeness (QED) is 0.0389. The summed E-state index contributed by atoms with van der Waals surface area (Å²) < 4.78 is 25.8. The van der Waals surface area contributed by atoms with Crippen LogP contribution in [0.4, 0.5) is 0 Å². The molecule has 36 heavy (non-hydrogen) atoms. The number of hydrogen-bond donors (Lipinski definition) is 0. The molecule has 0 unspecified atom stereocenters. The van der Waals surface area contributed by atoms with E-state index in [0.717, 1.165) is 76.5 Å². The minimum Gasteiger partial charge on any atom is -0.354 e. The van der Waals surface area contributed by atoms with Crippen LogP contribution in [-0.4, -0.2) is 67.8 Å². The van der Waals surface area contributed by atoms with Crippen LogP contribution in [0.2, 0.25) is 12.1 Å². The molecule has 0 spiro atoms. The van der Waals surface area contributed by atoms with E-state index in [1.807, 2.05) is 21.6 Å². The molecule has 0 aliphatic rings. The van der Waals surface area contributed by atoms with Gasteiger partial charge in [0.1, 0.15) is 10.8 Å². The van der Waals surface area contributed by atoms with Crippen LogP contribution in [-0.2, 0) is 18.9 Å². The van der Waals surface area contributed by atoms with Crippen molar-refractivity contribution in [2.45, 2.75) is 142 Å². The number of ether oxygens (including phenoxy) is 4. The Balaban J connectivity index is 4.86. The molecule has 0 amide bonds. The van der Waals surface area contributed by atoms with Gasteiger partial charge >= 0.3 is 0 Å².